The topological polar surface area (TPSA) is 96.4 Å². The maximum atomic E-state index is 13.7. The molecule has 2 aliphatic heterocycles. The predicted molar refractivity (Wildman–Crippen MR) is 117 cm³/mol. The third-order valence-electron chi connectivity index (χ3n) is 6.21. The van der Waals surface area contributed by atoms with Crippen molar-refractivity contribution in [2.45, 2.75) is 12.1 Å². The van der Waals surface area contributed by atoms with Crippen LogP contribution < -0.4 is 0 Å². The predicted octanol–water partition coefficient (Wildman–Crippen LogP) is 3.66. The van der Waals surface area contributed by atoms with E-state index in [1.54, 1.807) is 18.4 Å². The Hall–Kier alpha value is -3.69. The molecule has 1 amide bonds. The molecule has 1 fully saturated rings. The summed E-state index contributed by atoms with van der Waals surface area (Å²) in [4.78, 5) is 30.2. The number of hydrogen-bond donors (Lipinski definition) is 1. The Morgan fingerprint density at radius 1 is 1.06 bits per heavy atom. The Morgan fingerprint density at radius 3 is 2.41 bits per heavy atom. The third-order valence-corrected chi connectivity index (χ3v) is 6.21. The fourth-order valence-electron chi connectivity index (χ4n) is 4.55. The first-order chi connectivity index (χ1) is 16.5. The number of nitrogens with zero attached hydrogens (tertiary/aromatic N) is 2. The van der Waals surface area contributed by atoms with E-state index in [9.17, 15) is 19.1 Å². The molecule has 1 aromatic carbocycles. The molecule has 34 heavy (non-hydrogen) atoms. The van der Waals surface area contributed by atoms with E-state index < -0.39 is 29.3 Å². The normalized spacial score (nSPS) is 20.2. The number of rotatable bonds is 7. The van der Waals surface area contributed by atoms with Crippen LogP contribution in [0.1, 0.15) is 34.0 Å². The zero-order valence-electron chi connectivity index (χ0n) is 18.2. The summed E-state index contributed by atoms with van der Waals surface area (Å²) in [6.45, 7) is 2.47. The van der Waals surface area contributed by atoms with Gasteiger partial charge in [-0.15, -0.1) is 0 Å². The van der Waals surface area contributed by atoms with Gasteiger partial charge in [0.25, 0.3) is 5.91 Å². The molecular formula is C25H23FN2O6. The van der Waals surface area contributed by atoms with E-state index in [4.69, 9.17) is 13.6 Å². The SMILES string of the molecule is O=C(C1=C(O)C(=O)N(CC(c2ccco2)N2CCOCC2)C1c1ccc(F)cc1)c1ccco1. The Morgan fingerprint density at radius 2 is 1.76 bits per heavy atom. The summed E-state index contributed by atoms with van der Waals surface area (Å²) in [5, 5.41) is 10.8. The van der Waals surface area contributed by atoms with Crippen molar-refractivity contribution in [2.24, 2.45) is 0 Å². The highest BCUT2D eigenvalue weighted by Crippen LogP contribution is 2.41. The number of ether oxygens (including phenoxy) is 1. The lowest BCUT2D eigenvalue weighted by Crippen LogP contribution is -2.45. The highest BCUT2D eigenvalue weighted by molar-refractivity contribution is 6.15. The van der Waals surface area contributed by atoms with Crippen LogP contribution in [0, 0.1) is 5.82 Å². The highest BCUT2D eigenvalue weighted by atomic mass is 19.1. The van der Waals surface area contributed by atoms with Gasteiger partial charge >= 0.3 is 0 Å². The average Bonchev–Trinajstić information content (AvgIpc) is 3.62. The van der Waals surface area contributed by atoms with Crippen molar-refractivity contribution in [3.63, 3.8) is 0 Å². The molecule has 0 saturated carbocycles. The lowest BCUT2D eigenvalue weighted by Gasteiger charge is -2.37. The number of aliphatic hydroxyl groups is 1. The molecule has 3 aromatic rings. The van der Waals surface area contributed by atoms with Crippen molar-refractivity contribution in [1.82, 2.24) is 9.80 Å². The number of Topliss-reactive ketones (excluding diaryl/α,β-unsaturated/α-hetero) is 1. The van der Waals surface area contributed by atoms with E-state index in [0.717, 1.165) is 0 Å². The second-order valence-electron chi connectivity index (χ2n) is 8.16. The molecular weight excluding hydrogens is 443 g/mol. The van der Waals surface area contributed by atoms with Crippen LogP contribution in [0.3, 0.4) is 0 Å². The molecule has 2 atom stereocenters. The van der Waals surface area contributed by atoms with Crippen LogP contribution in [0.2, 0.25) is 0 Å². The summed E-state index contributed by atoms with van der Waals surface area (Å²) in [5.74, 6) is -1.73. The van der Waals surface area contributed by atoms with Gasteiger partial charge in [0.05, 0.1) is 43.4 Å². The fourth-order valence-corrected chi connectivity index (χ4v) is 4.55. The molecule has 5 rings (SSSR count). The van der Waals surface area contributed by atoms with Gasteiger partial charge in [-0.25, -0.2) is 4.39 Å². The molecule has 2 aliphatic rings. The zero-order valence-corrected chi connectivity index (χ0v) is 18.2. The number of hydrogen-bond acceptors (Lipinski definition) is 7. The van der Waals surface area contributed by atoms with Crippen LogP contribution >= 0.6 is 0 Å². The number of ketones is 1. The number of halogens is 1. The van der Waals surface area contributed by atoms with Crippen LogP contribution in [0.5, 0.6) is 0 Å². The molecule has 176 valence electrons. The van der Waals surface area contributed by atoms with E-state index in [2.05, 4.69) is 4.90 Å². The number of carbonyl (C=O) groups excluding carboxylic acids is 2. The van der Waals surface area contributed by atoms with E-state index in [1.807, 2.05) is 6.07 Å². The summed E-state index contributed by atoms with van der Waals surface area (Å²) in [6, 6.07) is 10.9. The fraction of sp³-hybridized carbons (Fsp3) is 0.280. The van der Waals surface area contributed by atoms with Gasteiger partial charge in [-0.1, -0.05) is 12.1 Å². The second-order valence-corrected chi connectivity index (χ2v) is 8.16. The molecule has 2 unspecified atom stereocenters. The lowest BCUT2D eigenvalue weighted by molar-refractivity contribution is -0.130. The summed E-state index contributed by atoms with van der Waals surface area (Å²) in [7, 11) is 0. The first-order valence-electron chi connectivity index (χ1n) is 11.0. The maximum Gasteiger partial charge on any atom is 0.290 e. The zero-order chi connectivity index (χ0) is 23.7. The van der Waals surface area contributed by atoms with Crippen LogP contribution in [0.4, 0.5) is 4.39 Å². The molecule has 9 heteroatoms. The Bertz CT molecular complexity index is 1180. The van der Waals surface area contributed by atoms with Crippen LogP contribution in [-0.2, 0) is 9.53 Å². The highest BCUT2D eigenvalue weighted by Gasteiger charge is 2.46. The van der Waals surface area contributed by atoms with Crippen molar-refractivity contribution < 1.29 is 32.7 Å². The van der Waals surface area contributed by atoms with Crippen molar-refractivity contribution in [3.8, 4) is 0 Å². The monoisotopic (exact) mass is 466 g/mol. The second kappa shape index (κ2) is 9.28. The smallest absolute Gasteiger partial charge is 0.290 e. The van der Waals surface area contributed by atoms with E-state index in [-0.39, 0.29) is 23.9 Å². The minimum atomic E-state index is -0.927. The molecule has 1 saturated heterocycles. The molecule has 0 radical (unpaired) electrons. The largest absolute Gasteiger partial charge is 0.503 e. The van der Waals surface area contributed by atoms with Crippen LogP contribution in [0.25, 0.3) is 0 Å². The molecule has 4 heterocycles. The molecule has 8 nitrogen and oxygen atoms in total. The van der Waals surface area contributed by atoms with Gasteiger partial charge in [-0.2, -0.15) is 0 Å². The molecule has 0 aliphatic carbocycles. The summed E-state index contributed by atoms with van der Waals surface area (Å²) >= 11 is 0. The molecule has 1 N–H and O–H groups in total. The van der Waals surface area contributed by atoms with Gasteiger partial charge in [-0.05, 0) is 42.0 Å². The molecule has 2 aromatic heterocycles. The van der Waals surface area contributed by atoms with Crippen LogP contribution in [0.15, 0.2) is 81.2 Å². The number of benzene rings is 1. The summed E-state index contributed by atoms with van der Waals surface area (Å²) in [5.41, 5.74) is 0.389. The molecule has 0 bridgehead atoms. The van der Waals surface area contributed by atoms with Gasteiger partial charge in [0, 0.05) is 19.6 Å². The van der Waals surface area contributed by atoms with Gasteiger partial charge in [0.2, 0.25) is 5.78 Å². The third kappa shape index (κ3) is 4.04. The Kier molecular flexibility index (Phi) is 6.04. The Balaban J connectivity index is 1.55. The van der Waals surface area contributed by atoms with E-state index in [1.165, 1.54) is 41.5 Å². The van der Waals surface area contributed by atoms with Crippen molar-refractivity contribution >= 4 is 11.7 Å². The quantitative estimate of drug-likeness (QED) is 0.531. The van der Waals surface area contributed by atoms with Crippen molar-refractivity contribution in [3.05, 3.63) is 95.3 Å². The molecule has 0 spiro atoms. The van der Waals surface area contributed by atoms with Gasteiger partial charge < -0.3 is 23.6 Å². The first-order valence-corrected chi connectivity index (χ1v) is 11.0. The first kappa shape index (κ1) is 22.1. The maximum absolute atomic E-state index is 13.7. The Labute approximate surface area is 194 Å². The van der Waals surface area contributed by atoms with E-state index in [0.29, 0.717) is 37.6 Å². The lowest BCUT2D eigenvalue weighted by atomic mass is 9.94. The number of aliphatic hydroxyl groups excluding tert-OH is 1. The standard InChI is InChI=1S/C25H23FN2O6/c26-17-7-5-16(6-8-17)22-21(23(29)20-4-2-12-34-20)24(30)25(31)28(22)15-18(19-3-1-11-33-19)27-9-13-32-14-10-27/h1-8,11-12,18,22,30H,9-10,13-15H2. The van der Waals surface area contributed by atoms with Crippen LogP contribution in [-0.4, -0.2) is 59.4 Å². The minimum Gasteiger partial charge on any atom is -0.503 e. The summed E-state index contributed by atoms with van der Waals surface area (Å²) in [6.07, 6.45) is 2.91. The van der Waals surface area contributed by atoms with Gasteiger partial charge in [0.15, 0.2) is 11.5 Å². The van der Waals surface area contributed by atoms with E-state index >= 15 is 0 Å². The number of morpholine rings is 1. The van der Waals surface area contributed by atoms with Crippen molar-refractivity contribution in [2.75, 3.05) is 32.8 Å². The number of carbonyl (C=O) groups is 2. The average molecular weight is 466 g/mol. The van der Waals surface area contributed by atoms with Gasteiger partial charge in [0.1, 0.15) is 11.6 Å². The minimum absolute atomic E-state index is 0.000856. The number of amides is 1. The summed E-state index contributed by atoms with van der Waals surface area (Å²) < 4.78 is 30.1. The van der Waals surface area contributed by atoms with Crippen molar-refractivity contribution in [1.29, 1.82) is 0 Å². The van der Waals surface area contributed by atoms with Gasteiger partial charge in [-0.3, -0.25) is 14.5 Å². The number of furan rings is 2.